The third kappa shape index (κ3) is 6.19. The summed E-state index contributed by atoms with van der Waals surface area (Å²) < 4.78 is 33.1. The third-order valence-electron chi connectivity index (χ3n) is 5.38. The van der Waals surface area contributed by atoms with E-state index in [-0.39, 0.29) is 12.2 Å². The minimum absolute atomic E-state index is 0.225. The van der Waals surface area contributed by atoms with Crippen molar-refractivity contribution in [2.45, 2.75) is 37.3 Å². The Bertz CT molecular complexity index is 828. The van der Waals surface area contributed by atoms with E-state index >= 15 is 0 Å². The molecule has 4 saturated heterocycles. The summed E-state index contributed by atoms with van der Waals surface area (Å²) in [6.45, 7) is 8.65. The zero-order valence-electron chi connectivity index (χ0n) is 17.1. The van der Waals surface area contributed by atoms with Gasteiger partial charge in [-0.3, -0.25) is 0 Å². The van der Waals surface area contributed by atoms with Gasteiger partial charge in [0.15, 0.2) is 0 Å². The second-order valence-electron chi connectivity index (χ2n) is 8.17. The van der Waals surface area contributed by atoms with E-state index in [9.17, 15) is 0 Å². The molecule has 1 aromatic rings. The van der Waals surface area contributed by atoms with Crippen LogP contribution in [0.2, 0.25) is 0 Å². The predicted molar refractivity (Wildman–Crippen MR) is 111 cm³/mol. The van der Waals surface area contributed by atoms with Crippen LogP contribution >= 0.6 is 0 Å². The van der Waals surface area contributed by atoms with E-state index in [2.05, 4.69) is 18.7 Å². The topological polar surface area (TPSA) is 68.6 Å². The van der Waals surface area contributed by atoms with Gasteiger partial charge < -0.3 is 28.4 Å². The van der Waals surface area contributed by atoms with Crippen molar-refractivity contribution in [2.24, 2.45) is 0 Å². The SMILES string of the molecule is C=C(/C=C\C(=C\CC1CO1)OCC1CO1)c1ccc(OCC2CO2)c(CC2CO2)c1. The van der Waals surface area contributed by atoms with Gasteiger partial charge in [-0.25, -0.2) is 0 Å². The van der Waals surface area contributed by atoms with Crippen molar-refractivity contribution in [3.05, 3.63) is 59.9 Å². The standard InChI is InChI=1S/C24H28O6/c1-16(2-4-19(5-6-20-10-26-20)25-12-22-13-28-22)17-3-7-24(30-15-23-14-29-23)18(8-17)9-21-11-27-21/h2-5,7-8,20-23H,1,6,9-15H2/b4-2-,19-5-. The fraction of sp³-hybridized carbons (Fsp3) is 0.500. The zero-order chi connectivity index (χ0) is 20.3. The summed E-state index contributed by atoms with van der Waals surface area (Å²) >= 11 is 0. The van der Waals surface area contributed by atoms with E-state index in [4.69, 9.17) is 28.4 Å². The number of ether oxygens (including phenoxy) is 6. The lowest BCUT2D eigenvalue weighted by atomic mass is 10.0. The summed E-state index contributed by atoms with van der Waals surface area (Å²) in [6, 6.07) is 6.22. The highest BCUT2D eigenvalue weighted by atomic mass is 16.6. The van der Waals surface area contributed by atoms with Gasteiger partial charge in [0, 0.05) is 6.42 Å². The van der Waals surface area contributed by atoms with Crippen LogP contribution in [0, 0.1) is 0 Å². The minimum Gasteiger partial charge on any atom is -0.491 e. The Morgan fingerprint density at radius 1 is 0.933 bits per heavy atom. The van der Waals surface area contributed by atoms with Crippen molar-refractivity contribution in [3.63, 3.8) is 0 Å². The van der Waals surface area contributed by atoms with Crippen molar-refractivity contribution in [3.8, 4) is 5.75 Å². The van der Waals surface area contributed by atoms with Gasteiger partial charge in [-0.1, -0.05) is 18.7 Å². The van der Waals surface area contributed by atoms with Crippen molar-refractivity contribution >= 4 is 5.57 Å². The highest BCUT2D eigenvalue weighted by molar-refractivity contribution is 5.73. The van der Waals surface area contributed by atoms with Gasteiger partial charge >= 0.3 is 0 Å². The Hall–Kier alpha value is -2.12. The van der Waals surface area contributed by atoms with Gasteiger partial charge in [-0.2, -0.15) is 0 Å². The van der Waals surface area contributed by atoms with Gasteiger partial charge in [-0.15, -0.1) is 0 Å². The summed E-state index contributed by atoms with van der Waals surface area (Å²) in [5, 5.41) is 0. The van der Waals surface area contributed by atoms with Crippen molar-refractivity contribution in [1.82, 2.24) is 0 Å². The Labute approximate surface area is 177 Å². The molecule has 30 heavy (non-hydrogen) atoms. The maximum Gasteiger partial charge on any atom is 0.122 e. The molecule has 4 aliphatic rings. The smallest absolute Gasteiger partial charge is 0.122 e. The summed E-state index contributed by atoms with van der Waals surface area (Å²) in [6.07, 6.45) is 8.85. The van der Waals surface area contributed by atoms with Crippen LogP contribution in [0.5, 0.6) is 5.75 Å². The summed E-state index contributed by atoms with van der Waals surface area (Å²) in [5.74, 6) is 1.73. The highest BCUT2D eigenvalue weighted by Gasteiger charge is 2.27. The summed E-state index contributed by atoms with van der Waals surface area (Å²) in [7, 11) is 0. The Balaban J connectivity index is 1.24. The van der Waals surface area contributed by atoms with Crippen LogP contribution in [0.15, 0.2) is 48.8 Å². The normalized spacial score (nSPS) is 29.0. The van der Waals surface area contributed by atoms with Crippen molar-refractivity contribution < 1.29 is 28.4 Å². The lowest BCUT2D eigenvalue weighted by Gasteiger charge is -2.12. The van der Waals surface area contributed by atoms with Crippen molar-refractivity contribution in [1.29, 1.82) is 0 Å². The summed E-state index contributed by atoms with van der Waals surface area (Å²) in [4.78, 5) is 0. The van der Waals surface area contributed by atoms with Gasteiger partial charge in [0.1, 0.15) is 36.9 Å². The molecule has 4 unspecified atom stereocenters. The largest absolute Gasteiger partial charge is 0.491 e. The molecule has 4 atom stereocenters. The average molecular weight is 412 g/mol. The number of epoxide rings is 4. The number of rotatable bonds is 13. The first-order valence-electron chi connectivity index (χ1n) is 10.7. The van der Waals surface area contributed by atoms with Gasteiger partial charge in [0.25, 0.3) is 0 Å². The van der Waals surface area contributed by atoms with E-state index in [1.165, 1.54) is 0 Å². The molecule has 0 aliphatic carbocycles. The number of allylic oxidation sites excluding steroid dienone is 3. The molecule has 4 fully saturated rings. The Morgan fingerprint density at radius 2 is 1.63 bits per heavy atom. The molecule has 6 nitrogen and oxygen atoms in total. The van der Waals surface area contributed by atoms with Crippen LogP contribution in [0.1, 0.15) is 17.5 Å². The summed E-state index contributed by atoms with van der Waals surface area (Å²) in [5.41, 5.74) is 3.13. The van der Waals surface area contributed by atoms with Crippen LogP contribution in [0.4, 0.5) is 0 Å². The number of hydrogen-bond acceptors (Lipinski definition) is 6. The molecule has 0 amide bonds. The van der Waals surface area contributed by atoms with Crippen LogP contribution < -0.4 is 4.74 Å². The zero-order valence-corrected chi connectivity index (χ0v) is 17.1. The molecule has 0 bridgehead atoms. The van der Waals surface area contributed by atoms with E-state index in [1.54, 1.807) is 0 Å². The first kappa shape index (κ1) is 19.8. The van der Waals surface area contributed by atoms with Gasteiger partial charge in [0.2, 0.25) is 0 Å². The second kappa shape index (κ2) is 8.94. The van der Waals surface area contributed by atoms with Crippen LogP contribution in [0.25, 0.3) is 5.57 Å². The molecular weight excluding hydrogens is 384 g/mol. The Kier molecular flexibility index (Phi) is 5.91. The fourth-order valence-corrected chi connectivity index (χ4v) is 3.12. The first-order chi connectivity index (χ1) is 14.7. The molecule has 5 rings (SSSR count). The first-order valence-corrected chi connectivity index (χ1v) is 10.7. The molecular formula is C24H28O6. The molecule has 4 aliphatic heterocycles. The molecule has 0 spiro atoms. The van der Waals surface area contributed by atoms with E-state index in [0.717, 1.165) is 67.5 Å². The second-order valence-corrected chi connectivity index (χ2v) is 8.17. The maximum atomic E-state index is 5.96. The number of benzene rings is 1. The Morgan fingerprint density at radius 3 is 2.33 bits per heavy atom. The minimum atomic E-state index is 0.225. The molecule has 160 valence electrons. The van der Waals surface area contributed by atoms with E-state index in [0.29, 0.717) is 25.4 Å². The van der Waals surface area contributed by atoms with Gasteiger partial charge in [-0.05, 0) is 47.4 Å². The average Bonchev–Trinajstić information content (AvgIpc) is 3.57. The highest BCUT2D eigenvalue weighted by Crippen LogP contribution is 2.29. The fourth-order valence-electron chi connectivity index (χ4n) is 3.12. The quantitative estimate of drug-likeness (QED) is 0.282. The van der Waals surface area contributed by atoms with Crippen LogP contribution in [0.3, 0.4) is 0 Å². The van der Waals surface area contributed by atoms with Crippen LogP contribution in [-0.2, 0) is 30.1 Å². The predicted octanol–water partition coefficient (Wildman–Crippen LogP) is 3.06. The van der Waals surface area contributed by atoms with Crippen LogP contribution in [-0.4, -0.2) is 64.1 Å². The molecule has 0 aromatic heterocycles. The van der Waals surface area contributed by atoms with Gasteiger partial charge in [0.05, 0.1) is 38.6 Å². The maximum absolute atomic E-state index is 5.96. The molecule has 0 N–H and O–H groups in total. The van der Waals surface area contributed by atoms with E-state index < -0.39 is 0 Å². The van der Waals surface area contributed by atoms with Crippen molar-refractivity contribution in [2.75, 3.05) is 39.6 Å². The monoisotopic (exact) mass is 412 g/mol. The molecule has 4 heterocycles. The third-order valence-corrected chi connectivity index (χ3v) is 5.38. The molecule has 6 heteroatoms. The molecule has 0 saturated carbocycles. The lowest BCUT2D eigenvalue weighted by Crippen LogP contribution is -2.07. The van der Waals surface area contributed by atoms with E-state index in [1.807, 2.05) is 24.3 Å². The molecule has 0 radical (unpaired) electrons. The molecule has 1 aromatic carbocycles. The lowest BCUT2D eigenvalue weighted by molar-refractivity contribution is 0.191. The number of hydrogen-bond donors (Lipinski definition) is 0.